The van der Waals surface area contributed by atoms with Crippen LogP contribution in [0.2, 0.25) is 0 Å². The second-order valence-corrected chi connectivity index (χ2v) is 0.832. The number of hydrogen-bond donors (Lipinski definition) is 1. The molecule has 0 unspecified atom stereocenters. The first-order valence-corrected chi connectivity index (χ1v) is 1.56. The molecule has 0 atom stereocenters. The van der Waals surface area contributed by atoms with Crippen LogP contribution in [-0.2, 0) is 0 Å². The summed E-state index contributed by atoms with van der Waals surface area (Å²) >= 11 is 0. The Morgan fingerprint density at radius 3 is 2.00 bits per heavy atom. The Morgan fingerprint density at radius 1 is 1.80 bits per heavy atom. The molecule has 5 heavy (non-hydrogen) atoms. The second-order valence-electron chi connectivity index (χ2n) is 0.832. The zero-order chi connectivity index (χ0) is 4.28. The summed E-state index contributed by atoms with van der Waals surface area (Å²) in [6.45, 7) is 1.79. The minimum Gasteiger partial charge on any atom is -0.287 e. The van der Waals surface area contributed by atoms with Crippen molar-refractivity contribution in [3.05, 3.63) is 0 Å². The van der Waals surface area contributed by atoms with E-state index in [1.165, 1.54) is 0 Å². The summed E-state index contributed by atoms with van der Waals surface area (Å²) < 4.78 is 0. The molecule has 0 bridgehead atoms. The van der Waals surface area contributed by atoms with Crippen molar-refractivity contribution >= 4 is 5.84 Å². The van der Waals surface area contributed by atoms with E-state index in [4.69, 9.17) is 11.1 Å². The van der Waals surface area contributed by atoms with Crippen molar-refractivity contribution in [1.29, 1.82) is 5.41 Å². The molecule has 2 heteroatoms. The normalized spacial score (nSPS) is 7.40. The Hall–Kier alpha value is -0.530. The highest BCUT2D eigenvalue weighted by atomic mass is 14.7. The van der Waals surface area contributed by atoms with E-state index in [1.54, 1.807) is 6.92 Å². The quantitative estimate of drug-likeness (QED) is 0.348. The van der Waals surface area contributed by atoms with Crippen LogP contribution in [0.25, 0.3) is 0 Å². The lowest BCUT2D eigenvalue weighted by molar-refractivity contribution is 1.20. The van der Waals surface area contributed by atoms with E-state index in [-0.39, 0.29) is 5.84 Å². The zero-order valence-electron chi connectivity index (χ0n) is 3.21. The molecule has 0 aromatic heterocycles. The molecule has 0 aliphatic heterocycles. The standard InChI is InChI=1S/C3H7N2/c1-2-3(4)5/h4-5H,2H2,1H3. The van der Waals surface area contributed by atoms with Crippen LogP contribution in [0.15, 0.2) is 0 Å². The Kier molecular flexibility index (Phi) is 1.57. The van der Waals surface area contributed by atoms with Gasteiger partial charge in [-0.2, -0.15) is 0 Å². The topological polar surface area (TPSA) is 47.7 Å². The van der Waals surface area contributed by atoms with Gasteiger partial charge < -0.3 is 0 Å². The van der Waals surface area contributed by atoms with Crippen molar-refractivity contribution in [2.75, 3.05) is 0 Å². The second kappa shape index (κ2) is 1.76. The van der Waals surface area contributed by atoms with Crippen molar-refractivity contribution in [3.63, 3.8) is 0 Å². The molecule has 0 saturated carbocycles. The van der Waals surface area contributed by atoms with E-state index >= 15 is 0 Å². The molecule has 0 aromatic carbocycles. The molecule has 0 aliphatic rings. The lowest BCUT2D eigenvalue weighted by Gasteiger charge is -1.76. The number of hydrogen-bond acceptors (Lipinski definition) is 1. The maximum Gasteiger partial charge on any atom is 0.112 e. The molecule has 29 valence electrons. The molecule has 1 radical (unpaired) electrons. The average molecular weight is 71.1 g/mol. The number of rotatable bonds is 1. The summed E-state index contributed by atoms with van der Waals surface area (Å²) in [7, 11) is 0. The van der Waals surface area contributed by atoms with Crippen molar-refractivity contribution < 1.29 is 0 Å². The fourth-order valence-corrected chi connectivity index (χ4v) is 0. The highest BCUT2D eigenvalue weighted by Crippen LogP contribution is 1.67. The Labute approximate surface area is 31.5 Å². The van der Waals surface area contributed by atoms with E-state index < -0.39 is 0 Å². The third-order valence-electron chi connectivity index (χ3n) is 0.354. The minimum atomic E-state index is 0.00463. The van der Waals surface area contributed by atoms with Gasteiger partial charge in [-0.25, -0.2) is 0 Å². The average Bonchev–Trinajstić information content (AvgIpc) is 1.38. The van der Waals surface area contributed by atoms with Crippen LogP contribution in [0.5, 0.6) is 0 Å². The lowest BCUT2D eigenvalue weighted by Crippen LogP contribution is -1.89. The third-order valence-corrected chi connectivity index (χ3v) is 0.354. The molecular weight excluding hydrogens is 64.0 g/mol. The van der Waals surface area contributed by atoms with Gasteiger partial charge >= 0.3 is 0 Å². The van der Waals surface area contributed by atoms with Gasteiger partial charge in [-0.15, -0.1) is 0 Å². The lowest BCUT2D eigenvalue weighted by atomic mass is 10.5. The summed E-state index contributed by atoms with van der Waals surface area (Å²) in [6, 6.07) is 0. The van der Waals surface area contributed by atoms with Gasteiger partial charge in [-0.05, 0) is 0 Å². The van der Waals surface area contributed by atoms with Gasteiger partial charge in [0.05, 0.1) is 0 Å². The summed E-state index contributed by atoms with van der Waals surface area (Å²) in [6.07, 6.45) is 0.556. The van der Waals surface area contributed by atoms with Gasteiger partial charge in [0.1, 0.15) is 5.84 Å². The zero-order valence-corrected chi connectivity index (χ0v) is 3.21. The highest BCUT2D eigenvalue weighted by Gasteiger charge is 1.72. The summed E-state index contributed by atoms with van der Waals surface area (Å²) in [5, 5.41) is 6.41. The summed E-state index contributed by atoms with van der Waals surface area (Å²) in [5.41, 5.74) is 6.41. The first kappa shape index (κ1) is 4.47. The molecule has 0 heterocycles. The minimum absolute atomic E-state index is 0.00463. The largest absolute Gasteiger partial charge is 0.287 e. The van der Waals surface area contributed by atoms with Gasteiger partial charge in [0.15, 0.2) is 0 Å². The van der Waals surface area contributed by atoms with Gasteiger partial charge in [0.25, 0.3) is 0 Å². The van der Waals surface area contributed by atoms with E-state index in [0.717, 1.165) is 0 Å². The van der Waals surface area contributed by atoms with E-state index in [1.807, 2.05) is 0 Å². The van der Waals surface area contributed by atoms with Crippen LogP contribution in [-0.4, -0.2) is 5.84 Å². The molecule has 0 saturated heterocycles. The first-order valence-electron chi connectivity index (χ1n) is 1.56. The monoisotopic (exact) mass is 71.1 g/mol. The van der Waals surface area contributed by atoms with Crippen LogP contribution < -0.4 is 5.73 Å². The maximum absolute atomic E-state index is 6.41. The van der Waals surface area contributed by atoms with Crippen LogP contribution in [0, 0.1) is 5.41 Å². The van der Waals surface area contributed by atoms with Gasteiger partial charge in [0, 0.05) is 6.42 Å². The number of amidine groups is 1. The molecule has 0 spiro atoms. The van der Waals surface area contributed by atoms with E-state index in [0.29, 0.717) is 6.42 Å². The summed E-state index contributed by atoms with van der Waals surface area (Å²) in [5.74, 6) is 0.00463. The first-order chi connectivity index (χ1) is 2.27. The summed E-state index contributed by atoms with van der Waals surface area (Å²) in [4.78, 5) is 0. The molecule has 2 N–H and O–H groups in total. The molecule has 2 nitrogen and oxygen atoms in total. The van der Waals surface area contributed by atoms with E-state index in [9.17, 15) is 0 Å². The SMILES string of the molecule is CCC([NH])=N. The Morgan fingerprint density at radius 2 is 2.00 bits per heavy atom. The van der Waals surface area contributed by atoms with Crippen LogP contribution in [0.1, 0.15) is 13.3 Å². The molecule has 0 rings (SSSR count). The van der Waals surface area contributed by atoms with Crippen molar-refractivity contribution in [2.24, 2.45) is 0 Å². The fourth-order valence-electron chi connectivity index (χ4n) is 0. The van der Waals surface area contributed by atoms with Crippen molar-refractivity contribution in [1.82, 2.24) is 5.73 Å². The van der Waals surface area contributed by atoms with Crippen LogP contribution in [0.3, 0.4) is 0 Å². The molecule has 0 fully saturated rings. The van der Waals surface area contributed by atoms with Crippen LogP contribution in [0.4, 0.5) is 0 Å². The number of nitrogens with one attached hydrogen (secondary N) is 2. The van der Waals surface area contributed by atoms with Gasteiger partial charge in [-0.3, -0.25) is 11.1 Å². The van der Waals surface area contributed by atoms with Crippen molar-refractivity contribution in [2.45, 2.75) is 13.3 Å². The predicted octanol–water partition coefficient (Wildman–Crippen LogP) is 0.657. The maximum atomic E-state index is 6.41. The van der Waals surface area contributed by atoms with Gasteiger partial charge in [-0.1, -0.05) is 6.92 Å². The third kappa shape index (κ3) is 3.47. The fraction of sp³-hybridized carbons (Fsp3) is 0.667. The van der Waals surface area contributed by atoms with Crippen molar-refractivity contribution in [3.8, 4) is 0 Å². The molecule has 0 aromatic rings. The Balaban J connectivity index is 2.85. The molecular formula is C3H7N2. The molecule has 0 amide bonds. The highest BCUT2D eigenvalue weighted by molar-refractivity contribution is 5.75. The smallest absolute Gasteiger partial charge is 0.112 e. The molecule has 0 aliphatic carbocycles. The van der Waals surface area contributed by atoms with E-state index in [2.05, 4.69) is 0 Å². The van der Waals surface area contributed by atoms with Crippen LogP contribution >= 0.6 is 0 Å². The van der Waals surface area contributed by atoms with Gasteiger partial charge in [0.2, 0.25) is 0 Å². The Bertz CT molecular complexity index is 40.2. The predicted molar refractivity (Wildman–Crippen MR) is 21.1 cm³/mol.